The number of hydrogen-bond donors (Lipinski definition) is 0. The second-order valence-corrected chi connectivity index (χ2v) is 1.50. The maximum atomic E-state index is 8.58. The van der Waals surface area contributed by atoms with E-state index in [0.29, 0.717) is 0 Å². The average Bonchev–Trinajstić information content (AvgIpc) is 0.722. The molecule has 0 bridgehead atoms. The molecule has 0 aliphatic carbocycles. The summed E-state index contributed by atoms with van der Waals surface area (Å²) in [6.45, 7) is 0. The third-order valence-electron chi connectivity index (χ3n) is 0. The van der Waals surface area contributed by atoms with Crippen LogP contribution in [0, 0.1) is 0 Å². The van der Waals surface area contributed by atoms with Crippen LogP contribution in [0.3, 0.4) is 0 Å². The van der Waals surface area contributed by atoms with Gasteiger partial charge in [0, 0.05) is 26.2 Å². The molecule has 0 aromatic rings. The van der Waals surface area contributed by atoms with Crippen LogP contribution in [-0.2, 0) is 26.2 Å². The van der Waals surface area contributed by atoms with Crippen LogP contribution in [0.1, 0.15) is 0 Å². The van der Waals surface area contributed by atoms with Crippen LogP contribution in [0.2, 0.25) is 0 Å². The molecule has 12 heavy (non-hydrogen) atoms. The van der Waals surface area contributed by atoms with Gasteiger partial charge in [-0.3, -0.25) is 0 Å². The minimum Gasteiger partial charge on any atom is -0.894 e. The molecule has 12 heteroatoms. The fourth-order valence-electron chi connectivity index (χ4n) is 0. The molecular weight excluding hydrogens is 243 g/mol. The van der Waals surface area contributed by atoms with E-state index in [1.54, 1.807) is 0 Å². The van der Waals surface area contributed by atoms with Gasteiger partial charge in [-0.1, -0.05) is 0 Å². The summed E-state index contributed by atoms with van der Waals surface area (Å²) in [6.07, 6.45) is 0. The van der Waals surface area contributed by atoms with Crippen LogP contribution in [-0.4, -0.2) is 20.0 Å². The molecular formula is H4Li4O6SiZr. The van der Waals surface area contributed by atoms with Crippen molar-refractivity contribution in [3.05, 3.63) is 0 Å². The Morgan fingerprint density at radius 1 is 0.583 bits per heavy atom. The van der Waals surface area contributed by atoms with Crippen molar-refractivity contribution in [3.63, 3.8) is 0 Å². The van der Waals surface area contributed by atoms with Gasteiger partial charge in [-0.2, -0.15) is 0 Å². The first-order valence-corrected chi connectivity index (χ1v) is 2.45. The molecule has 0 atom stereocenters. The van der Waals surface area contributed by atoms with E-state index in [0.717, 1.165) is 0 Å². The third-order valence-corrected chi connectivity index (χ3v) is 0. The Kier molecular flexibility index (Phi) is 144. The predicted molar refractivity (Wildman–Crippen MR) is 13.0 cm³/mol. The van der Waals surface area contributed by atoms with Gasteiger partial charge in [0.1, 0.15) is 0 Å². The molecule has 0 aromatic carbocycles. The molecule has 0 unspecified atom stereocenters. The fourth-order valence-corrected chi connectivity index (χ4v) is 0. The Morgan fingerprint density at radius 2 is 0.583 bits per heavy atom. The fraction of sp³-hybridized carbons (Fsp3) is 0. The van der Waals surface area contributed by atoms with Gasteiger partial charge in [0.15, 0.2) is 0 Å². The van der Waals surface area contributed by atoms with Crippen LogP contribution >= 0.6 is 0 Å². The molecule has 0 saturated heterocycles. The molecule has 0 aliphatic rings. The van der Waals surface area contributed by atoms with Crippen molar-refractivity contribution in [2.75, 3.05) is 0 Å². The summed E-state index contributed by atoms with van der Waals surface area (Å²) in [4.78, 5) is 34.3. The molecule has 52 valence electrons. The van der Waals surface area contributed by atoms with Gasteiger partial charge in [-0.25, -0.2) is 0 Å². The van der Waals surface area contributed by atoms with Gasteiger partial charge in [-0.15, -0.1) is 0 Å². The van der Waals surface area contributed by atoms with Crippen LogP contribution in [0.4, 0.5) is 0 Å². The minimum atomic E-state index is -5.61. The topological polar surface area (TPSA) is 155 Å². The smallest absolute Gasteiger partial charge is 0.894 e. The molecule has 0 amide bonds. The van der Waals surface area contributed by atoms with E-state index >= 15 is 0 Å². The zero-order chi connectivity index (χ0) is 4.50. The normalized spacial score (nSPS) is 5.00. The molecule has 0 spiro atoms. The van der Waals surface area contributed by atoms with Gasteiger partial charge in [0.25, 0.3) is 0 Å². The van der Waals surface area contributed by atoms with E-state index in [-0.39, 0.29) is 113 Å². The number of rotatable bonds is 0. The summed E-state index contributed by atoms with van der Waals surface area (Å²) in [7, 11) is -5.61. The molecule has 0 fully saturated rings. The van der Waals surface area contributed by atoms with E-state index in [1.165, 1.54) is 0 Å². The summed E-state index contributed by atoms with van der Waals surface area (Å²) >= 11 is 0. The first-order valence-electron chi connectivity index (χ1n) is 0.816. The molecule has 6 nitrogen and oxygen atoms in total. The van der Waals surface area contributed by atoms with E-state index in [9.17, 15) is 0 Å². The largest absolute Gasteiger partial charge is 1.00 e. The maximum Gasteiger partial charge on any atom is 1.00 e. The summed E-state index contributed by atoms with van der Waals surface area (Å²) < 4.78 is 0. The molecule has 0 rings (SSSR count). The van der Waals surface area contributed by atoms with Gasteiger partial charge in [-0.05, 0) is 0 Å². The second kappa shape index (κ2) is 29.2. The molecule has 0 saturated carbocycles. The molecule has 0 aromatic heterocycles. The van der Waals surface area contributed by atoms with E-state index in [2.05, 4.69) is 0 Å². The van der Waals surface area contributed by atoms with Crippen LogP contribution < -0.4 is 94.6 Å². The predicted octanol–water partition coefficient (Wildman–Crippen LogP) is -18.8. The first kappa shape index (κ1) is 58.9. The summed E-state index contributed by atoms with van der Waals surface area (Å²) in [5.41, 5.74) is 0. The maximum absolute atomic E-state index is 8.58. The Hall–Kier alpha value is 3.25. The van der Waals surface area contributed by atoms with E-state index < -0.39 is 9.05 Å². The van der Waals surface area contributed by atoms with Crippen molar-refractivity contribution in [1.29, 1.82) is 0 Å². The zero-order valence-electron chi connectivity index (χ0n) is 7.63. The summed E-state index contributed by atoms with van der Waals surface area (Å²) in [5, 5.41) is 0. The van der Waals surface area contributed by atoms with Crippen molar-refractivity contribution in [2.45, 2.75) is 0 Å². The Labute approximate surface area is 139 Å². The van der Waals surface area contributed by atoms with Crippen LogP contribution in [0.5, 0.6) is 0 Å². The minimum absolute atomic E-state index is 0. The van der Waals surface area contributed by atoms with Crippen LogP contribution in [0.15, 0.2) is 0 Å². The molecule has 0 radical (unpaired) electrons. The van der Waals surface area contributed by atoms with Crippen molar-refractivity contribution >= 4 is 9.05 Å². The van der Waals surface area contributed by atoms with Gasteiger partial charge in [0.2, 0.25) is 0 Å². The SMILES string of the molecule is O.O.[Li+].[Li+].[Li+].[Li+].[O-][Si]([O-])([O-])[O-].[Zr]. The summed E-state index contributed by atoms with van der Waals surface area (Å²) in [5.74, 6) is 0. The Bertz CT molecular complexity index is 35.0. The standard InChI is InChI=1S/4Li.O4Si.2H2O.Zr/c;;;;1-5(2,3)4;;;/h;;;;;2*1H2;/q4*+1;-4;;;. The van der Waals surface area contributed by atoms with Gasteiger partial charge < -0.3 is 39.2 Å². The quantitative estimate of drug-likeness (QED) is 0.389. The van der Waals surface area contributed by atoms with Crippen molar-refractivity contribution in [2.24, 2.45) is 0 Å². The van der Waals surface area contributed by atoms with E-state index in [1.807, 2.05) is 0 Å². The van der Waals surface area contributed by atoms with Crippen molar-refractivity contribution in [3.8, 4) is 0 Å². The third kappa shape index (κ3) is 188. The van der Waals surface area contributed by atoms with E-state index in [4.69, 9.17) is 19.2 Å². The van der Waals surface area contributed by atoms with Crippen molar-refractivity contribution < 1.29 is 132 Å². The Balaban J connectivity index is -0.00000000381. The second-order valence-electron chi connectivity index (χ2n) is 0.500. The zero-order valence-corrected chi connectivity index (χ0v) is 11.1. The molecule has 4 N–H and O–H groups in total. The molecule has 0 aliphatic heterocycles. The van der Waals surface area contributed by atoms with Crippen molar-refractivity contribution in [1.82, 2.24) is 0 Å². The average molecular weight is 247 g/mol. The first-order chi connectivity index (χ1) is 2.00. The molecule has 0 heterocycles. The monoisotopic (exact) mass is 246 g/mol. The number of hydrogen-bond acceptors (Lipinski definition) is 4. The summed E-state index contributed by atoms with van der Waals surface area (Å²) in [6, 6.07) is 0. The van der Waals surface area contributed by atoms with Gasteiger partial charge in [0.05, 0.1) is 0 Å². The van der Waals surface area contributed by atoms with Crippen LogP contribution in [0.25, 0.3) is 0 Å². The van der Waals surface area contributed by atoms with Gasteiger partial charge >= 0.3 is 75.4 Å². The Morgan fingerprint density at radius 3 is 0.583 bits per heavy atom.